The van der Waals surface area contributed by atoms with Crippen molar-refractivity contribution in [3.63, 3.8) is 0 Å². The quantitative estimate of drug-likeness (QED) is 0.638. The molecule has 7 heteroatoms. The standard InChI is InChI=1S/C13H14N2O5/c1-7(2)11(16)6-13(18)9-5-8(15(19)20)3-4-10(9)14-12(13)17/h3-5,7,18H,6H2,1-2H3,(H,14,17). The van der Waals surface area contributed by atoms with Gasteiger partial charge in [-0.2, -0.15) is 0 Å². The summed E-state index contributed by atoms with van der Waals surface area (Å²) in [5, 5.41) is 23.7. The molecule has 0 spiro atoms. The van der Waals surface area contributed by atoms with E-state index < -0.39 is 22.9 Å². The van der Waals surface area contributed by atoms with E-state index in [4.69, 9.17) is 0 Å². The van der Waals surface area contributed by atoms with Crippen LogP contribution in [0.2, 0.25) is 0 Å². The zero-order chi connectivity index (χ0) is 15.1. The average molecular weight is 278 g/mol. The van der Waals surface area contributed by atoms with Crippen LogP contribution >= 0.6 is 0 Å². The molecule has 0 saturated carbocycles. The number of anilines is 1. The van der Waals surface area contributed by atoms with E-state index in [0.29, 0.717) is 5.69 Å². The first-order valence-electron chi connectivity index (χ1n) is 6.11. The first kappa shape index (κ1) is 14.1. The summed E-state index contributed by atoms with van der Waals surface area (Å²) in [6, 6.07) is 3.71. The molecule has 1 aromatic rings. The van der Waals surface area contributed by atoms with Gasteiger partial charge in [-0.15, -0.1) is 0 Å². The summed E-state index contributed by atoms with van der Waals surface area (Å²) >= 11 is 0. The average Bonchev–Trinajstić information content (AvgIpc) is 2.61. The lowest BCUT2D eigenvalue weighted by Gasteiger charge is -2.20. The molecule has 1 aliphatic rings. The third-order valence-electron chi connectivity index (χ3n) is 3.36. The van der Waals surface area contributed by atoms with Crippen LogP contribution in [0.3, 0.4) is 0 Å². The maximum Gasteiger partial charge on any atom is 0.269 e. The SMILES string of the molecule is CC(C)C(=O)CC1(O)C(=O)Nc2ccc([N+](=O)[O-])cc21. The number of carbonyl (C=O) groups excluding carboxylic acids is 2. The minimum atomic E-state index is -2.04. The molecule has 1 unspecified atom stereocenters. The van der Waals surface area contributed by atoms with Crippen molar-refractivity contribution in [3.8, 4) is 0 Å². The van der Waals surface area contributed by atoms with Gasteiger partial charge in [0, 0.05) is 35.7 Å². The molecule has 0 aliphatic carbocycles. The van der Waals surface area contributed by atoms with Crippen LogP contribution in [0.4, 0.5) is 11.4 Å². The predicted molar refractivity (Wildman–Crippen MR) is 70.1 cm³/mol. The fourth-order valence-corrected chi connectivity index (χ4v) is 2.08. The van der Waals surface area contributed by atoms with Crippen molar-refractivity contribution in [2.75, 3.05) is 5.32 Å². The molecular formula is C13H14N2O5. The highest BCUT2D eigenvalue weighted by Crippen LogP contribution is 2.40. The van der Waals surface area contributed by atoms with E-state index in [1.165, 1.54) is 12.1 Å². The van der Waals surface area contributed by atoms with Gasteiger partial charge >= 0.3 is 0 Å². The third-order valence-corrected chi connectivity index (χ3v) is 3.36. The van der Waals surface area contributed by atoms with Crippen molar-refractivity contribution in [2.45, 2.75) is 25.9 Å². The Morgan fingerprint density at radius 1 is 1.50 bits per heavy atom. The van der Waals surface area contributed by atoms with Gasteiger partial charge in [0.25, 0.3) is 11.6 Å². The minimum Gasteiger partial charge on any atom is -0.375 e. The summed E-state index contributed by atoms with van der Waals surface area (Å²) in [6.45, 7) is 3.32. The zero-order valence-corrected chi connectivity index (χ0v) is 11.0. The number of ketones is 1. The van der Waals surface area contributed by atoms with Crippen LogP contribution < -0.4 is 5.32 Å². The van der Waals surface area contributed by atoms with Gasteiger partial charge < -0.3 is 10.4 Å². The molecule has 2 N–H and O–H groups in total. The molecule has 0 bridgehead atoms. The smallest absolute Gasteiger partial charge is 0.269 e. The Bertz CT molecular complexity index is 611. The van der Waals surface area contributed by atoms with Crippen LogP contribution in [0, 0.1) is 16.0 Å². The lowest BCUT2D eigenvalue weighted by atomic mass is 9.87. The Morgan fingerprint density at radius 3 is 2.70 bits per heavy atom. The zero-order valence-electron chi connectivity index (χ0n) is 11.0. The molecule has 0 fully saturated rings. The molecule has 1 heterocycles. The number of aliphatic hydroxyl groups is 1. The third kappa shape index (κ3) is 2.16. The van der Waals surface area contributed by atoms with Crippen molar-refractivity contribution in [2.24, 2.45) is 5.92 Å². The molecule has 0 aromatic heterocycles. The molecule has 106 valence electrons. The number of nitrogens with zero attached hydrogens (tertiary/aromatic N) is 1. The van der Waals surface area contributed by atoms with Crippen LogP contribution in [0.1, 0.15) is 25.8 Å². The molecule has 0 radical (unpaired) electrons. The van der Waals surface area contributed by atoms with E-state index >= 15 is 0 Å². The number of nitrogens with one attached hydrogen (secondary N) is 1. The first-order valence-corrected chi connectivity index (χ1v) is 6.11. The maximum absolute atomic E-state index is 11.9. The number of hydrogen-bond acceptors (Lipinski definition) is 5. The van der Waals surface area contributed by atoms with Crippen LogP contribution in [0.25, 0.3) is 0 Å². The number of hydrogen-bond donors (Lipinski definition) is 2. The van der Waals surface area contributed by atoms with E-state index in [1.807, 2.05) is 0 Å². The molecule has 1 aromatic carbocycles. The summed E-state index contributed by atoms with van der Waals surface area (Å²) < 4.78 is 0. The molecule has 1 amide bonds. The van der Waals surface area contributed by atoms with Gasteiger partial charge in [0.1, 0.15) is 5.78 Å². The van der Waals surface area contributed by atoms with Crippen LogP contribution in [0.5, 0.6) is 0 Å². The Balaban J connectivity index is 2.47. The largest absolute Gasteiger partial charge is 0.375 e. The van der Waals surface area contributed by atoms with Gasteiger partial charge in [0.05, 0.1) is 4.92 Å². The van der Waals surface area contributed by atoms with E-state index in [0.717, 1.165) is 6.07 Å². The van der Waals surface area contributed by atoms with Crippen LogP contribution in [-0.4, -0.2) is 21.7 Å². The molecule has 1 atom stereocenters. The van der Waals surface area contributed by atoms with E-state index in [-0.39, 0.29) is 23.0 Å². The highest BCUT2D eigenvalue weighted by Gasteiger charge is 2.47. The molecule has 1 aliphatic heterocycles. The number of rotatable bonds is 4. The summed E-state index contributed by atoms with van der Waals surface area (Å²) in [4.78, 5) is 33.9. The Kier molecular flexibility index (Phi) is 3.31. The van der Waals surface area contributed by atoms with Gasteiger partial charge in [-0.25, -0.2) is 0 Å². The highest BCUT2D eigenvalue weighted by atomic mass is 16.6. The number of fused-ring (bicyclic) bond motifs is 1. The fourth-order valence-electron chi connectivity index (χ4n) is 2.08. The number of benzene rings is 1. The second kappa shape index (κ2) is 4.68. The normalized spacial score (nSPS) is 20.7. The van der Waals surface area contributed by atoms with Crippen LogP contribution in [0.15, 0.2) is 18.2 Å². The Hall–Kier alpha value is -2.28. The number of nitro groups is 1. The number of nitro benzene ring substituents is 1. The van der Waals surface area contributed by atoms with E-state index in [2.05, 4.69) is 5.32 Å². The molecule has 0 saturated heterocycles. The van der Waals surface area contributed by atoms with Crippen molar-refractivity contribution in [1.29, 1.82) is 0 Å². The van der Waals surface area contributed by atoms with Gasteiger partial charge in [0.15, 0.2) is 5.60 Å². The second-order valence-electron chi connectivity index (χ2n) is 5.10. The van der Waals surface area contributed by atoms with Crippen LogP contribution in [-0.2, 0) is 15.2 Å². The summed E-state index contributed by atoms with van der Waals surface area (Å²) in [7, 11) is 0. The number of Topliss-reactive ketones (excluding diaryl/α,β-unsaturated/α-hetero) is 1. The number of amides is 1. The van der Waals surface area contributed by atoms with Gasteiger partial charge in [-0.05, 0) is 6.07 Å². The fraction of sp³-hybridized carbons (Fsp3) is 0.385. The summed E-state index contributed by atoms with van der Waals surface area (Å²) in [5.74, 6) is -1.36. The van der Waals surface area contributed by atoms with Crippen molar-refractivity contribution in [1.82, 2.24) is 0 Å². The van der Waals surface area contributed by atoms with Crippen molar-refractivity contribution in [3.05, 3.63) is 33.9 Å². The molecular weight excluding hydrogens is 264 g/mol. The van der Waals surface area contributed by atoms with Crippen molar-refractivity contribution < 1.29 is 19.6 Å². The first-order chi connectivity index (χ1) is 9.25. The molecule has 7 nitrogen and oxygen atoms in total. The van der Waals surface area contributed by atoms with Gasteiger partial charge in [0.2, 0.25) is 0 Å². The van der Waals surface area contributed by atoms with E-state index in [1.54, 1.807) is 13.8 Å². The van der Waals surface area contributed by atoms with Gasteiger partial charge in [-0.3, -0.25) is 19.7 Å². The highest BCUT2D eigenvalue weighted by molar-refractivity contribution is 6.07. The Labute approximate surface area is 114 Å². The summed E-state index contributed by atoms with van der Waals surface area (Å²) in [6.07, 6.45) is -0.398. The maximum atomic E-state index is 11.9. The number of carbonyl (C=O) groups is 2. The molecule has 2 rings (SSSR count). The topological polar surface area (TPSA) is 110 Å². The van der Waals surface area contributed by atoms with Crippen molar-refractivity contribution >= 4 is 23.1 Å². The lowest BCUT2D eigenvalue weighted by molar-refractivity contribution is -0.385. The minimum absolute atomic E-state index is 0.0747. The van der Waals surface area contributed by atoms with Gasteiger partial charge in [-0.1, -0.05) is 13.8 Å². The Morgan fingerprint density at radius 2 is 2.15 bits per heavy atom. The monoisotopic (exact) mass is 278 g/mol. The van der Waals surface area contributed by atoms with E-state index in [9.17, 15) is 24.8 Å². The lowest BCUT2D eigenvalue weighted by Crippen LogP contribution is -2.37. The predicted octanol–water partition coefficient (Wildman–Crippen LogP) is 1.35. The molecule has 20 heavy (non-hydrogen) atoms. The summed E-state index contributed by atoms with van der Waals surface area (Å²) in [5.41, 5.74) is -1.91. The second-order valence-corrected chi connectivity index (χ2v) is 5.10. The number of non-ortho nitro benzene ring substituents is 1.